The van der Waals surface area contributed by atoms with Gasteiger partial charge in [0.2, 0.25) is 11.8 Å². The lowest BCUT2D eigenvalue weighted by Crippen LogP contribution is -2.38. The van der Waals surface area contributed by atoms with Crippen molar-refractivity contribution in [2.75, 3.05) is 19.6 Å². The topological polar surface area (TPSA) is 75.4 Å². The van der Waals surface area contributed by atoms with Crippen LogP contribution in [0, 0.1) is 0 Å². The van der Waals surface area contributed by atoms with Crippen LogP contribution in [0.15, 0.2) is 30.3 Å². The first-order valence-electron chi connectivity index (χ1n) is 8.00. The molecule has 3 N–H and O–H groups in total. The number of nitrogens with one attached hydrogen (secondary N) is 1. The van der Waals surface area contributed by atoms with Crippen molar-refractivity contribution < 1.29 is 9.59 Å². The van der Waals surface area contributed by atoms with Crippen LogP contribution in [-0.2, 0) is 16.0 Å². The van der Waals surface area contributed by atoms with Crippen molar-refractivity contribution in [2.24, 2.45) is 5.73 Å². The summed E-state index contributed by atoms with van der Waals surface area (Å²) in [5.74, 6) is 0.205. The van der Waals surface area contributed by atoms with Gasteiger partial charge in [0.25, 0.3) is 0 Å². The van der Waals surface area contributed by atoms with E-state index < -0.39 is 0 Å². The Kier molecular flexibility index (Phi) is 6.40. The average Bonchev–Trinajstić information content (AvgIpc) is 3.00. The molecule has 0 bridgehead atoms. The number of hydrogen-bond donors (Lipinski definition) is 2. The standard InChI is InChI=1S/C17H25N3O2/c18-11-4-7-16(21)19-15-10-12-20(13-15)17(22)9-8-14-5-2-1-3-6-14/h1-3,5-6,15H,4,7-13,18H2,(H,19,21). The van der Waals surface area contributed by atoms with Crippen LogP contribution in [0.4, 0.5) is 0 Å². The second-order valence-electron chi connectivity index (χ2n) is 5.77. The first-order chi connectivity index (χ1) is 10.7. The van der Waals surface area contributed by atoms with Crippen molar-refractivity contribution in [3.63, 3.8) is 0 Å². The first-order valence-corrected chi connectivity index (χ1v) is 8.00. The molecule has 0 aromatic heterocycles. The van der Waals surface area contributed by atoms with Gasteiger partial charge in [-0.15, -0.1) is 0 Å². The number of carbonyl (C=O) groups excluding carboxylic acids is 2. The molecule has 0 radical (unpaired) electrons. The maximum Gasteiger partial charge on any atom is 0.222 e. The predicted molar refractivity (Wildman–Crippen MR) is 86.2 cm³/mol. The molecule has 2 rings (SSSR count). The predicted octanol–water partition coefficient (Wildman–Crippen LogP) is 1.08. The van der Waals surface area contributed by atoms with E-state index in [2.05, 4.69) is 5.32 Å². The third kappa shape index (κ3) is 5.15. The van der Waals surface area contributed by atoms with E-state index >= 15 is 0 Å². The third-order valence-corrected chi connectivity index (χ3v) is 3.98. The van der Waals surface area contributed by atoms with Gasteiger partial charge in [0.1, 0.15) is 0 Å². The summed E-state index contributed by atoms with van der Waals surface area (Å²) in [6.07, 6.45) is 3.31. The maximum absolute atomic E-state index is 12.2. The zero-order chi connectivity index (χ0) is 15.8. The molecular weight excluding hydrogens is 278 g/mol. The van der Waals surface area contributed by atoms with E-state index in [1.807, 2.05) is 35.2 Å². The van der Waals surface area contributed by atoms with Crippen LogP contribution in [-0.4, -0.2) is 42.4 Å². The van der Waals surface area contributed by atoms with Gasteiger partial charge >= 0.3 is 0 Å². The van der Waals surface area contributed by atoms with Crippen LogP contribution in [0.2, 0.25) is 0 Å². The van der Waals surface area contributed by atoms with E-state index in [9.17, 15) is 9.59 Å². The van der Waals surface area contributed by atoms with Gasteiger partial charge in [-0.2, -0.15) is 0 Å². The number of likely N-dealkylation sites (tertiary alicyclic amines) is 1. The second-order valence-corrected chi connectivity index (χ2v) is 5.77. The SMILES string of the molecule is NCCCC(=O)NC1CCN(C(=O)CCc2ccccc2)C1. The minimum absolute atomic E-state index is 0.0361. The van der Waals surface area contributed by atoms with E-state index in [-0.39, 0.29) is 17.9 Å². The number of nitrogens with zero attached hydrogens (tertiary/aromatic N) is 1. The van der Waals surface area contributed by atoms with E-state index in [1.54, 1.807) is 0 Å². The molecule has 120 valence electrons. The largest absolute Gasteiger partial charge is 0.352 e. The van der Waals surface area contributed by atoms with E-state index in [0.29, 0.717) is 32.4 Å². The lowest BCUT2D eigenvalue weighted by Gasteiger charge is -2.17. The van der Waals surface area contributed by atoms with E-state index in [0.717, 1.165) is 19.4 Å². The van der Waals surface area contributed by atoms with Crippen molar-refractivity contribution in [1.82, 2.24) is 10.2 Å². The zero-order valence-electron chi connectivity index (χ0n) is 13.0. The molecule has 1 fully saturated rings. The highest BCUT2D eigenvalue weighted by atomic mass is 16.2. The fourth-order valence-electron chi connectivity index (χ4n) is 2.72. The highest BCUT2D eigenvalue weighted by Gasteiger charge is 2.26. The number of amides is 2. The Hall–Kier alpha value is -1.88. The van der Waals surface area contributed by atoms with Crippen molar-refractivity contribution in [3.05, 3.63) is 35.9 Å². The molecule has 0 aliphatic carbocycles. The molecule has 1 unspecified atom stereocenters. The van der Waals surface area contributed by atoms with Crippen molar-refractivity contribution in [3.8, 4) is 0 Å². The molecule has 0 spiro atoms. The fourth-order valence-corrected chi connectivity index (χ4v) is 2.72. The highest BCUT2D eigenvalue weighted by molar-refractivity contribution is 5.78. The molecule has 5 nitrogen and oxygen atoms in total. The molecule has 1 aliphatic rings. The molecule has 1 aliphatic heterocycles. The minimum Gasteiger partial charge on any atom is -0.352 e. The van der Waals surface area contributed by atoms with Gasteiger partial charge in [0.05, 0.1) is 0 Å². The van der Waals surface area contributed by atoms with Crippen molar-refractivity contribution >= 4 is 11.8 Å². The Morgan fingerprint density at radius 1 is 1.23 bits per heavy atom. The normalized spacial score (nSPS) is 17.5. The average molecular weight is 303 g/mol. The summed E-state index contributed by atoms with van der Waals surface area (Å²) in [4.78, 5) is 25.8. The number of hydrogen-bond acceptors (Lipinski definition) is 3. The molecule has 1 saturated heterocycles. The quantitative estimate of drug-likeness (QED) is 0.791. The first kappa shape index (κ1) is 16.5. The monoisotopic (exact) mass is 303 g/mol. The summed E-state index contributed by atoms with van der Waals surface area (Å²) >= 11 is 0. The Morgan fingerprint density at radius 2 is 2.00 bits per heavy atom. The summed E-state index contributed by atoms with van der Waals surface area (Å²) in [6.45, 7) is 1.89. The Morgan fingerprint density at radius 3 is 2.73 bits per heavy atom. The third-order valence-electron chi connectivity index (χ3n) is 3.98. The molecular formula is C17H25N3O2. The van der Waals surface area contributed by atoms with Crippen LogP contribution < -0.4 is 11.1 Å². The van der Waals surface area contributed by atoms with Crippen LogP contribution in [0.5, 0.6) is 0 Å². The van der Waals surface area contributed by atoms with Crippen LogP contribution in [0.25, 0.3) is 0 Å². The number of aryl methyl sites for hydroxylation is 1. The van der Waals surface area contributed by atoms with E-state index in [1.165, 1.54) is 5.56 Å². The summed E-state index contributed by atoms with van der Waals surface area (Å²) < 4.78 is 0. The van der Waals surface area contributed by atoms with Gasteiger partial charge in [0, 0.05) is 32.0 Å². The zero-order valence-corrected chi connectivity index (χ0v) is 13.0. The van der Waals surface area contributed by atoms with Crippen LogP contribution >= 0.6 is 0 Å². The molecule has 1 heterocycles. The minimum atomic E-state index is 0.0361. The summed E-state index contributed by atoms with van der Waals surface area (Å²) in [6, 6.07) is 10.1. The smallest absolute Gasteiger partial charge is 0.222 e. The molecule has 0 saturated carbocycles. The molecule has 1 atom stereocenters. The lowest BCUT2D eigenvalue weighted by atomic mass is 10.1. The lowest BCUT2D eigenvalue weighted by molar-refractivity contribution is -0.130. The van der Waals surface area contributed by atoms with Crippen molar-refractivity contribution in [1.29, 1.82) is 0 Å². The molecule has 22 heavy (non-hydrogen) atoms. The fraction of sp³-hybridized carbons (Fsp3) is 0.529. The van der Waals surface area contributed by atoms with Gasteiger partial charge in [0.15, 0.2) is 0 Å². The molecule has 1 aromatic rings. The van der Waals surface area contributed by atoms with Gasteiger partial charge in [-0.25, -0.2) is 0 Å². The summed E-state index contributed by atoms with van der Waals surface area (Å²) in [5, 5.41) is 2.98. The van der Waals surface area contributed by atoms with Crippen molar-refractivity contribution in [2.45, 2.75) is 38.1 Å². The molecule has 2 amide bonds. The Balaban J connectivity index is 1.70. The van der Waals surface area contributed by atoms with Gasteiger partial charge in [-0.3, -0.25) is 9.59 Å². The maximum atomic E-state index is 12.2. The molecule has 5 heteroatoms. The van der Waals surface area contributed by atoms with Gasteiger partial charge < -0.3 is 16.0 Å². The highest BCUT2D eigenvalue weighted by Crippen LogP contribution is 2.12. The summed E-state index contributed by atoms with van der Waals surface area (Å²) in [7, 11) is 0. The second kappa shape index (κ2) is 8.54. The van der Waals surface area contributed by atoms with Gasteiger partial charge in [-0.1, -0.05) is 30.3 Å². The van der Waals surface area contributed by atoms with Crippen LogP contribution in [0.1, 0.15) is 31.2 Å². The van der Waals surface area contributed by atoms with Gasteiger partial charge in [-0.05, 0) is 31.4 Å². The Labute approximate surface area is 131 Å². The molecule has 1 aromatic carbocycles. The summed E-state index contributed by atoms with van der Waals surface area (Å²) in [5.41, 5.74) is 6.58. The van der Waals surface area contributed by atoms with E-state index in [4.69, 9.17) is 5.73 Å². The number of carbonyl (C=O) groups is 2. The number of benzene rings is 1. The number of nitrogens with two attached hydrogens (primary N) is 1. The van der Waals surface area contributed by atoms with Crippen LogP contribution in [0.3, 0.4) is 0 Å². The Bertz CT molecular complexity index is 490. The number of rotatable bonds is 7.